The molecule has 1 aliphatic rings. The maximum Gasteiger partial charge on any atom is 0.322 e. The summed E-state index contributed by atoms with van der Waals surface area (Å²) in [6.07, 6.45) is 1.34. The molecule has 0 aromatic rings. The minimum absolute atomic E-state index is 0.564. The maximum atomic E-state index is 10.7. The molecule has 1 heterocycles. The second-order valence-electron chi connectivity index (χ2n) is 3.38. The van der Waals surface area contributed by atoms with Gasteiger partial charge >= 0.3 is 11.9 Å². The summed E-state index contributed by atoms with van der Waals surface area (Å²) in [4.78, 5) is 21.3. The minimum Gasteiger partial charge on any atom is -0.480 e. The van der Waals surface area contributed by atoms with Gasteiger partial charge < -0.3 is 10.2 Å². The molecule has 0 aromatic heterocycles. The Labute approximate surface area is 81.5 Å². The van der Waals surface area contributed by atoms with E-state index in [1.165, 1.54) is 11.9 Å². The van der Waals surface area contributed by atoms with E-state index in [1.54, 1.807) is 0 Å². The van der Waals surface area contributed by atoms with Crippen molar-refractivity contribution in [1.82, 2.24) is 10.4 Å². The normalized spacial score (nSPS) is 24.8. The highest BCUT2D eigenvalue weighted by Gasteiger charge is 2.32. The molecule has 0 radical (unpaired) electrons. The molecular weight excluding hydrogens is 188 g/mol. The zero-order chi connectivity index (χ0) is 10.7. The van der Waals surface area contributed by atoms with E-state index < -0.39 is 24.0 Å². The van der Waals surface area contributed by atoms with Crippen molar-refractivity contribution in [3.05, 3.63) is 0 Å². The summed E-state index contributed by atoms with van der Waals surface area (Å²) in [7, 11) is 0. The highest BCUT2D eigenvalue weighted by Crippen LogP contribution is 2.14. The molecule has 0 spiro atoms. The summed E-state index contributed by atoms with van der Waals surface area (Å²) < 4.78 is 0. The lowest BCUT2D eigenvalue weighted by Crippen LogP contribution is -2.51. The molecule has 6 heteroatoms. The summed E-state index contributed by atoms with van der Waals surface area (Å²) in [6, 6.07) is -1.35. The third kappa shape index (κ3) is 2.43. The topological polar surface area (TPSA) is 89.9 Å². The van der Waals surface area contributed by atoms with E-state index in [0.717, 1.165) is 6.42 Å². The molecule has 1 saturated heterocycles. The Balaban J connectivity index is 2.51. The van der Waals surface area contributed by atoms with Crippen LogP contribution in [0.25, 0.3) is 0 Å². The number of nitrogens with zero attached hydrogens (tertiary/aromatic N) is 1. The van der Waals surface area contributed by atoms with Crippen molar-refractivity contribution < 1.29 is 19.8 Å². The van der Waals surface area contributed by atoms with Crippen molar-refractivity contribution in [2.45, 2.75) is 31.8 Å². The van der Waals surface area contributed by atoms with Crippen LogP contribution in [0.1, 0.15) is 19.8 Å². The van der Waals surface area contributed by atoms with Crippen molar-refractivity contribution in [3.8, 4) is 0 Å². The first-order valence-electron chi connectivity index (χ1n) is 4.51. The molecule has 0 saturated carbocycles. The first kappa shape index (κ1) is 10.9. The fourth-order valence-corrected chi connectivity index (χ4v) is 1.48. The van der Waals surface area contributed by atoms with E-state index in [9.17, 15) is 9.59 Å². The monoisotopic (exact) mass is 202 g/mol. The number of carbonyl (C=O) groups is 2. The van der Waals surface area contributed by atoms with E-state index in [0.29, 0.717) is 13.0 Å². The van der Waals surface area contributed by atoms with Gasteiger partial charge in [0.05, 0.1) is 0 Å². The van der Waals surface area contributed by atoms with Gasteiger partial charge in [-0.3, -0.25) is 9.59 Å². The number of rotatable bonds is 4. The van der Waals surface area contributed by atoms with E-state index in [-0.39, 0.29) is 0 Å². The summed E-state index contributed by atoms with van der Waals surface area (Å²) >= 11 is 0. The largest absolute Gasteiger partial charge is 0.480 e. The molecule has 0 aromatic carbocycles. The van der Waals surface area contributed by atoms with Crippen LogP contribution >= 0.6 is 0 Å². The lowest BCUT2D eigenvalue weighted by atomic mass is 10.2. The van der Waals surface area contributed by atoms with Gasteiger partial charge in [0.1, 0.15) is 12.1 Å². The first-order chi connectivity index (χ1) is 6.52. The summed E-state index contributed by atoms with van der Waals surface area (Å²) in [5, 5.41) is 18.9. The Morgan fingerprint density at radius 2 is 2.14 bits per heavy atom. The van der Waals surface area contributed by atoms with Gasteiger partial charge in [-0.05, 0) is 19.8 Å². The minimum atomic E-state index is -0.985. The molecule has 0 unspecified atom stereocenters. The van der Waals surface area contributed by atoms with E-state index in [1.807, 2.05) is 0 Å². The maximum absolute atomic E-state index is 10.7. The molecule has 1 fully saturated rings. The molecule has 0 bridgehead atoms. The number of carboxylic acid groups (broad SMARTS) is 2. The van der Waals surface area contributed by atoms with Crippen molar-refractivity contribution in [2.75, 3.05) is 6.54 Å². The number of hydrazine groups is 1. The van der Waals surface area contributed by atoms with E-state index >= 15 is 0 Å². The fraction of sp³-hybridized carbons (Fsp3) is 0.750. The molecule has 80 valence electrons. The summed E-state index contributed by atoms with van der Waals surface area (Å²) in [6.45, 7) is 2.06. The van der Waals surface area contributed by atoms with Gasteiger partial charge in [0.15, 0.2) is 0 Å². The van der Waals surface area contributed by atoms with Gasteiger partial charge in [-0.1, -0.05) is 0 Å². The van der Waals surface area contributed by atoms with Gasteiger partial charge in [-0.25, -0.2) is 10.4 Å². The lowest BCUT2D eigenvalue weighted by Gasteiger charge is -2.24. The Bertz CT molecular complexity index is 243. The lowest BCUT2D eigenvalue weighted by molar-refractivity contribution is -0.147. The molecule has 1 aliphatic heterocycles. The second kappa shape index (κ2) is 4.39. The number of carboxylic acids is 2. The van der Waals surface area contributed by atoms with Crippen molar-refractivity contribution in [2.24, 2.45) is 0 Å². The highest BCUT2D eigenvalue weighted by molar-refractivity contribution is 5.74. The van der Waals surface area contributed by atoms with Crippen LogP contribution in [-0.2, 0) is 9.59 Å². The van der Waals surface area contributed by atoms with Crippen molar-refractivity contribution in [3.63, 3.8) is 0 Å². The van der Waals surface area contributed by atoms with Crippen LogP contribution in [0.5, 0.6) is 0 Å². The molecule has 14 heavy (non-hydrogen) atoms. The molecule has 0 aliphatic carbocycles. The average molecular weight is 202 g/mol. The third-order valence-electron chi connectivity index (χ3n) is 2.27. The van der Waals surface area contributed by atoms with Crippen LogP contribution in [0.3, 0.4) is 0 Å². The molecule has 6 nitrogen and oxygen atoms in total. The summed E-state index contributed by atoms with van der Waals surface area (Å²) in [5.74, 6) is -1.89. The van der Waals surface area contributed by atoms with E-state index in [2.05, 4.69) is 5.43 Å². The summed E-state index contributed by atoms with van der Waals surface area (Å²) in [5.41, 5.74) is 2.66. The predicted octanol–water partition coefficient (Wildman–Crippen LogP) is -0.487. The van der Waals surface area contributed by atoms with Gasteiger partial charge in [0, 0.05) is 6.54 Å². The number of nitrogens with one attached hydrogen (secondary N) is 1. The molecule has 2 atom stereocenters. The van der Waals surface area contributed by atoms with Crippen molar-refractivity contribution in [1.29, 1.82) is 0 Å². The Morgan fingerprint density at radius 1 is 1.50 bits per heavy atom. The molecular formula is C8H14N2O4. The molecule has 1 rings (SSSR count). The van der Waals surface area contributed by atoms with E-state index in [4.69, 9.17) is 10.2 Å². The van der Waals surface area contributed by atoms with Gasteiger partial charge in [0.2, 0.25) is 0 Å². The Morgan fingerprint density at radius 3 is 2.64 bits per heavy atom. The van der Waals surface area contributed by atoms with Crippen LogP contribution in [-0.4, -0.2) is 45.8 Å². The smallest absolute Gasteiger partial charge is 0.322 e. The van der Waals surface area contributed by atoms with Gasteiger partial charge in [-0.15, -0.1) is 0 Å². The highest BCUT2D eigenvalue weighted by atomic mass is 16.4. The zero-order valence-corrected chi connectivity index (χ0v) is 7.93. The number of aliphatic carboxylic acids is 2. The standard InChI is InChI=1S/C8H14N2O4/c1-5(7(11)12)9-10-4-2-3-6(10)8(13)14/h5-6,9H,2-4H2,1H3,(H,11,12)(H,13,14)/t5-,6-/m0/s1. The van der Waals surface area contributed by atoms with Crippen LogP contribution < -0.4 is 5.43 Å². The fourth-order valence-electron chi connectivity index (χ4n) is 1.48. The quantitative estimate of drug-likeness (QED) is 0.570. The number of hydrogen-bond acceptors (Lipinski definition) is 4. The Kier molecular flexibility index (Phi) is 3.43. The van der Waals surface area contributed by atoms with Crippen molar-refractivity contribution >= 4 is 11.9 Å². The van der Waals surface area contributed by atoms with Crippen LogP contribution in [0, 0.1) is 0 Å². The Hall–Kier alpha value is -1.14. The number of hydrogen-bond donors (Lipinski definition) is 3. The predicted molar refractivity (Wildman–Crippen MR) is 47.6 cm³/mol. The third-order valence-corrected chi connectivity index (χ3v) is 2.27. The second-order valence-corrected chi connectivity index (χ2v) is 3.38. The van der Waals surface area contributed by atoms with Gasteiger partial charge in [-0.2, -0.15) is 0 Å². The molecule has 0 amide bonds. The van der Waals surface area contributed by atoms with Gasteiger partial charge in [0.25, 0.3) is 0 Å². The molecule has 3 N–H and O–H groups in total. The van der Waals surface area contributed by atoms with Crippen LogP contribution in [0.15, 0.2) is 0 Å². The van der Waals surface area contributed by atoms with Crippen LogP contribution in [0.4, 0.5) is 0 Å². The average Bonchev–Trinajstić information content (AvgIpc) is 2.52. The first-order valence-corrected chi connectivity index (χ1v) is 4.51. The zero-order valence-electron chi connectivity index (χ0n) is 7.93. The van der Waals surface area contributed by atoms with Crippen LogP contribution in [0.2, 0.25) is 0 Å². The SMILES string of the molecule is C[C@H](NN1CCC[C@H]1C(=O)O)C(=O)O.